The van der Waals surface area contributed by atoms with Gasteiger partial charge in [-0.2, -0.15) is 0 Å². The van der Waals surface area contributed by atoms with Gasteiger partial charge in [-0.05, 0) is 12.8 Å². The summed E-state index contributed by atoms with van der Waals surface area (Å²) in [7, 11) is -1.31. The highest BCUT2D eigenvalue weighted by Gasteiger charge is 2.46. The van der Waals surface area contributed by atoms with Crippen molar-refractivity contribution >= 4 is 14.7 Å². The minimum atomic E-state index is -1.31. The Kier molecular flexibility index (Phi) is 4.87. The average Bonchev–Trinajstić information content (AvgIpc) is 2.50. The third-order valence-electron chi connectivity index (χ3n) is 2.86. The van der Waals surface area contributed by atoms with Gasteiger partial charge in [0.25, 0.3) is 0 Å². The Hall–Kier alpha value is 0.202. The highest BCUT2D eigenvalue weighted by Crippen LogP contribution is 2.28. The van der Waals surface area contributed by atoms with Gasteiger partial charge in [0, 0.05) is 0 Å². The zero-order valence-corrected chi connectivity index (χ0v) is 11.9. The van der Waals surface area contributed by atoms with Crippen molar-refractivity contribution in [3.63, 3.8) is 0 Å². The molecule has 15 heavy (non-hydrogen) atoms. The highest BCUT2D eigenvalue weighted by atomic mass is 28.3. The van der Waals surface area contributed by atoms with E-state index in [1.165, 1.54) is 12.8 Å². The molecule has 1 heterocycles. The molecule has 0 spiro atoms. The Morgan fingerprint density at radius 3 is 1.60 bits per heavy atom. The van der Waals surface area contributed by atoms with Crippen molar-refractivity contribution in [1.82, 2.24) is 0 Å². The first-order valence-corrected chi connectivity index (χ1v) is 9.87. The first-order valence-electron chi connectivity index (χ1n) is 6.30. The Balaban J connectivity index is 2.56. The lowest BCUT2D eigenvalue weighted by atomic mass is 10.1. The van der Waals surface area contributed by atoms with E-state index in [0.717, 1.165) is 12.8 Å². The van der Waals surface area contributed by atoms with Gasteiger partial charge in [0.15, 0.2) is 0 Å². The molecule has 88 valence electrons. The molecule has 2 nitrogen and oxygen atoms in total. The van der Waals surface area contributed by atoms with Crippen LogP contribution in [-0.4, -0.2) is 26.9 Å². The van der Waals surface area contributed by atoms with E-state index in [0.29, 0.717) is 12.2 Å². The number of hydrogen-bond acceptors (Lipinski definition) is 2. The van der Waals surface area contributed by atoms with Gasteiger partial charge in [-0.25, -0.2) is 0 Å². The van der Waals surface area contributed by atoms with E-state index in [4.69, 9.17) is 9.31 Å². The summed E-state index contributed by atoms with van der Waals surface area (Å²) < 4.78 is 12.1. The fraction of sp³-hybridized carbons (Fsp3) is 1.00. The molecular formula is C11H25BO2Si. The predicted octanol–water partition coefficient (Wildman–Crippen LogP) is 3.28. The maximum absolute atomic E-state index is 6.07. The fourth-order valence-electron chi connectivity index (χ4n) is 2.01. The first-order chi connectivity index (χ1) is 6.99. The van der Waals surface area contributed by atoms with E-state index in [2.05, 4.69) is 33.5 Å². The summed E-state index contributed by atoms with van der Waals surface area (Å²) in [5.74, 6) is 0. The van der Waals surface area contributed by atoms with E-state index in [-0.39, 0.29) is 6.71 Å². The molecule has 1 rings (SSSR count). The Labute approximate surface area is 95.8 Å². The summed E-state index contributed by atoms with van der Waals surface area (Å²) in [6, 6.07) is 0. The third kappa shape index (κ3) is 3.61. The molecule has 0 aliphatic carbocycles. The molecular weight excluding hydrogens is 203 g/mol. The lowest BCUT2D eigenvalue weighted by molar-refractivity contribution is 0.137. The molecule has 0 amide bonds. The van der Waals surface area contributed by atoms with E-state index < -0.39 is 7.94 Å². The largest absolute Gasteiger partial charge is 0.432 e. The second-order valence-electron chi connectivity index (χ2n) is 5.62. The summed E-state index contributed by atoms with van der Waals surface area (Å²) in [4.78, 5) is 0. The molecule has 0 aromatic heterocycles. The lowest BCUT2D eigenvalue weighted by Crippen LogP contribution is -2.44. The van der Waals surface area contributed by atoms with Crippen LogP contribution in [0, 0.1) is 0 Å². The second kappa shape index (κ2) is 5.51. The highest BCUT2D eigenvalue weighted by molar-refractivity contribution is 7.27. The van der Waals surface area contributed by atoms with Crippen molar-refractivity contribution in [2.24, 2.45) is 0 Å². The fourth-order valence-corrected chi connectivity index (χ4v) is 3.18. The van der Waals surface area contributed by atoms with E-state index in [1.807, 2.05) is 0 Å². The van der Waals surface area contributed by atoms with E-state index in [1.54, 1.807) is 0 Å². The molecule has 1 saturated heterocycles. The molecule has 1 aliphatic heterocycles. The maximum Gasteiger partial charge on any atom is 0.432 e. The van der Waals surface area contributed by atoms with Gasteiger partial charge in [-0.15, -0.1) is 0 Å². The van der Waals surface area contributed by atoms with Gasteiger partial charge in [-0.3, -0.25) is 0 Å². The zero-order valence-electron chi connectivity index (χ0n) is 10.9. The summed E-state index contributed by atoms with van der Waals surface area (Å²) in [6.07, 6.45) is 5.37. The van der Waals surface area contributed by atoms with E-state index >= 15 is 0 Å². The smallest absolute Gasteiger partial charge is 0.409 e. The summed E-state index contributed by atoms with van der Waals surface area (Å²) in [5, 5.41) is 0. The normalized spacial score (nSPS) is 27.4. The minimum absolute atomic E-state index is 0.116. The van der Waals surface area contributed by atoms with Gasteiger partial charge in [0.05, 0.1) is 20.2 Å². The van der Waals surface area contributed by atoms with Crippen LogP contribution >= 0.6 is 0 Å². The Morgan fingerprint density at radius 1 is 0.933 bits per heavy atom. The van der Waals surface area contributed by atoms with Crippen molar-refractivity contribution in [2.45, 2.75) is 71.4 Å². The molecule has 0 aromatic rings. The summed E-state index contributed by atoms with van der Waals surface area (Å²) in [6.45, 7) is 11.5. The molecule has 0 radical (unpaired) electrons. The molecule has 1 aliphatic rings. The standard InChI is InChI=1S/C11H25BO2Si/c1-6-8-10-11(9-7-2)14-12(13-10)15(3,4)5/h10-11H,6-9H2,1-5H3. The van der Waals surface area contributed by atoms with Gasteiger partial charge in [-0.1, -0.05) is 46.3 Å². The van der Waals surface area contributed by atoms with Gasteiger partial charge < -0.3 is 9.31 Å². The molecule has 4 heteroatoms. The van der Waals surface area contributed by atoms with Crippen LogP contribution in [-0.2, 0) is 9.31 Å². The molecule has 1 fully saturated rings. The average molecular weight is 228 g/mol. The van der Waals surface area contributed by atoms with Crippen molar-refractivity contribution in [3.8, 4) is 0 Å². The summed E-state index contributed by atoms with van der Waals surface area (Å²) in [5.41, 5.74) is 0. The quantitative estimate of drug-likeness (QED) is 0.672. The van der Waals surface area contributed by atoms with Crippen LogP contribution in [0.15, 0.2) is 0 Å². The minimum Gasteiger partial charge on any atom is -0.409 e. The molecule has 2 atom stereocenters. The monoisotopic (exact) mass is 228 g/mol. The Bertz CT molecular complexity index is 180. The van der Waals surface area contributed by atoms with E-state index in [9.17, 15) is 0 Å². The second-order valence-corrected chi connectivity index (χ2v) is 10.8. The van der Waals surface area contributed by atoms with Crippen LogP contribution in [0.5, 0.6) is 0 Å². The molecule has 0 bridgehead atoms. The van der Waals surface area contributed by atoms with Gasteiger partial charge in [0.1, 0.15) is 0 Å². The van der Waals surface area contributed by atoms with Crippen molar-refractivity contribution in [1.29, 1.82) is 0 Å². The maximum atomic E-state index is 6.07. The molecule has 2 unspecified atom stereocenters. The van der Waals surface area contributed by atoms with Crippen LogP contribution < -0.4 is 0 Å². The van der Waals surface area contributed by atoms with Crippen molar-refractivity contribution < 1.29 is 9.31 Å². The Morgan fingerprint density at radius 2 is 1.33 bits per heavy atom. The SMILES string of the molecule is CCCC1OB([Si](C)(C)C)OC1CCC. The first kappa shape index (κ1) is 13.3. The summed E-state index contributed by atoms with van der Waals surface area (Å²) >= 11 is 0. The number of hydrogen-bond donors (Lipinski definition) is 0. The molecule has 0 saturated carbocycles. The molecule has 0 aromatic carbocycles. The third-order valence-corrected chi connectivity index (χ3v) is 4.55. The van der Waals surface area contributed by atoms with Crippen LogP contribution in [0.2, 0.25) is 19.6 Å². The van der Waals surface area contributed by atoms with Crippen LogP contribution in [0.25, 0.3) is 0 Å². The zero-order chi connectivity index (χ0) is 11.5. The molecule has 0 N–H and O–H groups in total. The van der Waals surface area contributed by atoms with Gasteiger partial charge >= 0.3 is 6.71 Å². The predicted molar refractivity (Wildman–Crippen MR) is 68.7 cm³/mol. The number of rotatable bonds is 5. The van der Waals surface area contributed by atoms with Crippen LogP contribution in [0.4, 0.5) is 0 Å². The van der Waals surface area contributed by atoms with Crippen LogP contribution in [0.3, 0.4) is 0 Å². The topological polar surface area (TPSA) is 18.5 Å². The van der Waals surface area contributed by atoms with Crippen molar-refractivity contribution in [3.05, 3.63) is 0 Å². The van der Waals surface area contributed by atoms with Gasteiger partial charge in [0.2, 0.25) is 0 Å². The lowest BCUT2D eigenvalue weighted by Gasteiger charge is -2.18. The van der Waals surface area contributed by atoms with Crippen molar-refractivity contribution in [2.75, 3.05) is 0 Å². The van der Waals surface area contributed by atoms with Crippen LogP contribution in [0.1, 0.15) is 39.5 Å².